The first-order valence-corrected chi connectivity index (χ1v) is 8.92. The highest BCUT2D eigenvalue weighted by molar-refractivity contribution is 7.12. The van der Waals surface area contributed by atoms with Crippen molar-refractivity contribution < 1.29 is 9.63 Å². The van der Waals surface area contributed by atoms with E-state index in [1.54, 1.807) is 11.3 Å². The van der Waals surface area contributed by atoms with Crippen LogP contribution >= 0.6 is 11.3 Å². The molecular formula is C17H23N3O2S. The van der Waals surface area contributed by atoms with Crippen LogP contribution in [-0.2, 0) is 9.63 Å². The largest absolute Gasteiger partial charge is 0.379 e. The number of piperidine rings is 1. The molecule has 6 heteroatoms. The Balaban J connectivity index is 1.52. The molecule has 0 radical (unpaired) electrons. The van der Waals surface area contributed by atoms with E-state index in [0.29, 0.717) is 6.42 Å². The quantitative estimate of drug-likeness (QED) is 0.842. The van der Waals surface area contributed by atoms with Crippen LogP contribution in [0.4, 0.5) is 0 Å². The summed E-state index contributed by atoms with van der Waals surface area (Å²) >= 11 is 1.62. The fourth-order valence-electron chi connectivity index (χ4n) is 3.02. The highest BCUT2D eigenvalue weighted by Gasteiger charge is 2.43. The zero-order valence-electron chi connectivity index (χ0n) is 13.5. The number of nitrogens with one attached hydrogen (secondary N) is 1. The molecule has 1 N–H and O–H groups in total. The van der Waals surface area contributed by atoms with Crippen LogP contribution in [0.1, 0.15) is 31.1 Å². The van der Waals surface area contributed by atoms with Gasteiger partial charge >= 0.3 is 0 Å². The summed E-state index contributed by atoms with van der Waals surface area (Å²) in [5, 5.41) is 9.28. The van der Waals surface area contributed by atoms with Crippen LogP contribution in [0.3, 0.4) is 0 Å². The van der Waals surface area contributed by atoms with Crippen molar-refractivity contribution in [3.63, 3.8) is 0 Å². The topological polar surface area (TPSA) is 53.9 Å². The van der Waals surface area contributed by atoms with E-state index in [9.17, 15) is 4.79 Å². The Morgan fingerprint density at radius 3 is 3.04 bits per heavy atom. The van der Waals surface area contributed by atoms with Crippen molar-refractivity contribution in [3.05, 3.63) is 35.0 Å². The lowest BCUT2D eigenvalue weighted by Gasteiger charge is -2.33. The molecule has 1 aromatic heterocycles. The number of carbonyl (C=O) groups is 1. The summed E-state index contributed by atoms with van der Waals surface area (Å²) < 4.78 is 0. The molecule has 5 nitrogen and oxygen atoms in total. The summed E-state index contributed by atoms with van der Waals surface area (Å²) in [6, 6.07) is 4.20. The molecular weight excluding hydrogens is 310 g/mol. The SMILES string of the molecule is C=CCN1CCC(NC(=O)[C@@]2(C)CC(c3cccs3)=NO2)CC1. The molecule has 1 aromatic rings. The first kappa shape index (κ1) is 16.2. The van der Waals surface area contributed by atoms with Crippen molar-refractivity contribution in [1.29, 1.82) is 0 Å². The lowest BCUT2D eigenvalue weighted by molar-refractivity contribution is -0.142. The Kier molecular flexibility index (Phi) is 4.82. The predicted octanol–water partition coefficient (Wildman–Crippen LogP) is 2.40. The van der Waals surface area contributed by atoms with E-state index in [4.69, 9.17) is 4.84 Å². The molecule has 0 spiro atoms. The Morgan fingerprint density at radius 2 is 2.39 bits per heavy atom. The summed E-state index contributed by atoms with van der Waals surface area (Å²) in [5.74, 6) is -0.0602. The molecule has 23 heavy (non-hydrogen) atoms. The summed E-state index contributed by atoms with van der Waals surface area (Å²) in [6.07, 6.45) is 4.38. The van der Waals surface area contributed by atoms with Gasteiger partial charge in [-0.1, -0.05) is 17.3 Å². The van der Waals surface area contributed by atoms with Crippen LogP contribution in [0.5, 0.6) is 0 Å². The van der Waals surface area contributed by atoms with Crippen molar-refractivity contribution in [1.82, 2.24) is 10.2 Å². The second kappa shape index (κ2) is 6.84. The maximum absolute atomic E-state index is 12.6. The molecule has 3 heterocycles. The van der Waals surface area contributed by atoms with Crippen molar-refractivity contribution in [2.45, 2.75) is 37.8 Å². The molecule has 3 rings (SSSR count). The average Bonchev–Trinajstić information content (AvgIpc) is 3.19. The third-order valence-electron chi connectivity index (χ3n) is 4.46. The Morgan fingerprint density at radius 1 is 1.61 bits per heavy atom. The van der Waals surface area contributed by atoms with E-state index in [1.165, 1.54) is 0 Å². The van der Waals surface area contributed by atoms with Gasteiger partial charge in [0.15, 0.2) is 0 Å². The molecule has 0 saturated carbocycles. The van der Waals surface area contributed by atoms with Crippen molar-refractivity contribution in [2.75, 3.05) is 19.6 Å². The zero-order chi connectivity index (χ0) is 16.3. The maximum Gasteiger partial charge on any atom is 0.267 e. The van der Waals surface area contributed by atoms with Crippen molar-refractivity contribution in [2.24, 2.45) is 5.16 Å². The molecule has 2 aliphatic heterocycles. The molecule has 0 bridgehead atoms. The van der Waals surface area contributed by atoms with Gasteiger partial charge in [-0.15, -0.1) is 17.9 Å². The third-order valence-corrected chi connectivity index (χ3v) is 5.38. The van der Waals surface area contributed by atoms with Gasteiger partial charge in [0, 0.05) is 32.1 Å². The van der Waals surface area contributed by atoms with Crippen LogP contribution < -0.4 is 5.32 Å². The molecule has 1 fully saturated rings. The number of hydrogen-bond donors (Lipinski definition) is 1. The zero-order valence-corrected chi connectivity index (χ0v) is 14.3. The van der Waals surface area contributed by atoms with Gasteiger partial charge in [0.05, 0.1) is 4.88 Å². The minimum atomic E-state index is -0.891. The molecule has 0 aromatic carbocycles. The van der Waals surface area contributed by atoms with Crippen molar-refractivity contribution in [3.8, 4) is 0 Å². The second-order valence-corrected chi connectivity index (χ2v) is 7.30. The number of carbonyl (C=O) groups excluding carboxylic acids is 1. The summed E-state index contributed by atoms with van der Waals surface area (Å²) in [6.45, 7) is 8.49. The van der Waals surface area contributed by atoms with E-state index in [-0.39, 0.29) is 11.9 Å². The number of hydrogen-bond acceptors (Lipinski definition) is 5. The molecule has 0 aliphatic carbocycles. The van der Waals surface area contributed by atoms with Gasteiger partial charge in [-0.25, -0.2) is 0 Å². The number of nitrogens with zero attached hydrogens (tertiary/aromatic N) is 2. The number of amides is 1. The first-order chi connectivity index (χ1) is 11.1. The molecule has 1 atom stereocenters. The Hall–Kier alpha value is -1.66. The minimum absolute atomic E-state index is 0.0602. The monoisotopic (exact) mass is 333 g/mol. The molecule has 1 amide bonds. The second-order valence-electron chi connectivity index (χ2n) is 6.35. The van der Waals surface area contributed by atoms with Gasteiger partial charge < -0.3 is 10.2 Å². The van der Waals surface area contributed by atoms with Crippen LogP contribution in [-0.4, -0.2) is 47.8 Å². The highest BCUT2D eigenvalue weighted by Crippen LogP contribution is 2.29. The van der Waals surface area contributed by atoms with Crippen LogP contribution in [0.25, 0.3) is 0 Å². The molecule has 1 saturated heterocycles. The van der Waals surface area contributed by atoms with Gasteiger partial charge in [0.25, 0.3) is 5.91 Å². The van der Waals surface area contributed by atoms with Gasteiger partial charge in [-0.05, 0) is 31.2 Å². The van der Waals surface area contributed by atoms with E-state index in [0.717, 1.165) is 43.1 Å². The average molecular weight is 333 g/mol. The van der Waals surface area contributed by atoms with Crippen molar-refractivity contribution >= 4 is 23.0 Å². The van der Waals surface area contributed by atoms with Crippen LogP contribution in [0.15, 0.2) is 35.3 Å². The predicted molar refractivity (Wildman–Crippen MR) is 92.8 cm³/mol. The van der Waals surface area contributed by atoms with Crippen LogP contribution in [0, 0.1) is 0 Å². The van der Waals surface area contributed by atoms with Gasteiger partial charge in [0.1, 0.15) is 5.71 Å². The Bertz CT molecular complexity index is 591. The molecule has 2 aliphatic rings. The number of oxime groups is 1. The van der Waals surface area contributed by atoms with Gasteiger partial charge in [-0.3, -0.25) is 9.69 Å². The summed E-state index contributed by atoms with van der Waals surface area (Å²) in [7, 11) is 0. The van der Waals surface area contributed by atoms with Crippen LogP contribution in [0.2, 0.25) is 0 Å². The standard InChI is InChI=1S/C17H23N3O2S/c1-3-8-20-9-6-13(7-10-20)18-16(21)17(2)12-14(19-22-17)15-5-4-11-23-15/h3-5,11,13H,1,6-10,12H2,2H3,(H,18,21)/t17-/m1/s1. The molecule has 0 unspecified atom stereocenters. The first-order valence-electron chi connectivity index (χ1n) is 8.04. The normalized spacial score (nSPS) is 25.7. The van der Waals surface area contributed by atoms with E-state index < -0.39 is 5.60 Å². The van der Waals surface area contributed by atoms with E-state index in [2.05, 4.69) is 22.0 Å². The fraction of sp³-hybridized carbons (Fsp3) is 0.529. The number of rotatable bonds is 5. The van der Waals surface area contributed by atoms with E-state index >= 15 is 0 Å². The smallest absolute Gasteiger partial charge is 0.267 e. The summed E-state index contributed by atoms with van der Waals surface area (Å²) in [4.78, 5) is 21.5. The molecule has 124 valence electrons. The third kappa shape index (κ3) is 3.64. The number of thiophene rings is 1. The highest BCUT2D eigenvalue weighted by atomic mass is 32.1. The van der Waals surface area contributed by atoms with Gasteiger partial charge in [-0.2, -0.15) is 0 Å². The maximum atomic E-state index is 12.6. The van der Waals surface area contributed by atoms with Gasteiger partial charge in [0.2, 0.25) is 5.60 Å². The lowest BCUT2D eigenvalue weighted by atomic mass is 9.96. The number of likely N-dealkylation sites (tertiary alicyclic amines) is 1. The fourth-order valence-corrected chi connectivity index (χ4v) is 3.72. The lowest BCUT2D eigenvalue weighted by Crippen LogP contribution is -2.51. The summed E-state index contributed by atoms with van der Waals surface area (Å²) in [5.41, 5.74) is -0.0316. The Labute approximate surface area is 141 Å². The van der Waals surface area contributed by atoms with E-state index in [1.807, 2.05) is 30.5 Å². The minimum Gasteiger partial charge on any atom is -0.379 e.